The van der Waals surface area contributed by atoms with Crippen LogP contribution < -0.4 is 5.73 Å². The molecule has 9 heteroatoms. The van der Waals surface area contributed by atoms with Crippen LogP contribution in [0.5, 0.6) is 0 Å². The third kappa shape index (κ3) is 4.95. The van der Waals surface area contributed by atoms with Gasteiger partial charge in [0.2, 0.25) is 5.91 Å². The molecule has 0 aromatic rings. The van der Waals surface area contributed by atoms with Crippen LogP contribution in [-0.4, -0.2) is 71.9 Å². The molecule has 7 nitrogen and oxygen atoms in total. The number of thioether (sulfide) groups is 1. The largest absolute Gasteiger partial charge is 0.480 e. The Morgan fingerprint density at radius 2 is 2.15 bits per heavy atom. The summed E-state index contributed by atoms with van der Waals surface area (Å²) in [6.07, 6.45) is 0.473. The van der Waals surface area contributed by atoms with Gasteiger partial charge in [-0.3, -0.25) is 9.59 Å². The first-order valence-electron chi connectivity index (χ1n) is 6.33. The lowest BCUT2D eigenvalue weighted by Gasteiger charge is -2.26. The predicted molar refractivity (Wildman–Crippen MR) is 77.4 cm³/mol. The Morgan fingerprint density at radius 3 is 2.60 bits per heavy atom. The van der Waals surface area contributed by atoms with Crippen molar-refractivity contribution in [1.29, 1.82) is 0 Å². The van der Waals surface area contributed by atoms with E-state index in [2.05, 4.69) is 0 Å². The Bertz CT molecular complexity index is 465. The van der Waals surface area contributed by atoms with Gasteiger partial charge in [-0.15, -0.1) is 11.8 Å². The maximum atomic E-state index is 12.0. The fourth-order valence-electron chi connectivity index (χ4n) is 2.09. The molecule has 0 bridgehead atoms. The molecule has 2 atom stereocenters. The van der Waals surface area contributed by atoms with Crippen LogP contribution in [0.2, 0.25) is 0 Å². The van der Waals surface area contributed by atoms with Crippen molar-refractivity contribution in [2.45, 2.75) is 25.4 Å². The van der Waals surface area contributed by atoms with Crippen LogP contribution in [0.1, 0.15) is 13.3 Å². The minimum atomic E-state index is -3.03. The zero-order valence-electron chi connectivity index (χ0n) is 11.3. The lowest BCUT2D eigenvalue weighted by molar-refractivity contribution is -0.138. The Morgan fingerprint density at radius 1 is 1.50 bits per heavy atom. The van der Waals surface area contributed by atoms with E-state index in [1.165, 1.54) is 0 Å². The highest BCUT2D eigenvalue weighted by atomic mass is 32.2. The third-order valence-corrected chi connectivity index (χ3v) is 5.95. The van der Waals surface area contributed by atoms with E-state index in [0.29, 0.717) is 13.0 Å². The first kappa shape index (κ1) is 17.3. The quantitative estimate of drug-likeness (QED) is 0.627. The van der Waals surface area contributed by atoms with E-state index in [9.17, 15) is 18.0 Å². The molecule has 1 aliphatic rings. The molecule has 116 valence electrons. The van der Waals surface area contributed by atoms with Gasteiger partial charge in [0.05, 0.1) is 17.3 Å². The van der Waals surface area contributed by atoms with E-state index in [1.54, 1.807) is 11.8 Å². The highest BCUT2D eigenvalue weighted by Gasteiger charge is 2.33. The number of rotatable bonds is 7. The summed E-state index contributed by atoms with van der Waals surface area (Å²) in [6.45, 7) is 2.25. The van der Waals surface area contributed by atoms with Gasteiger partial charge in [-0.1, -0.05) is 0 Å². The number of amides is 1. The van der Waals surface area contributed by atoms with E-state index in [0.717, 1.165) is 11.8 Å². The molecular formula is C11H20N2O5S2. The molecule has 0 radical (unpaired) electrons. The maximum absolute atomic E-state index is 12.0. The molecule has 3 N–H and O–H groups in total. The predicted octanol–water partition coefficient (Wildman–Crippen LogP) is -0.833. The van der Waals surface area contributed by atoms with Crippen molar-refractivity contribution < 1.29 is 23.1 Å². The summed E-state index contributed by atoms with van der Waals surface area (Å²) < 4.78 is 22.9. The Balaban J connectivity index is 2.46. The smallest absolute Gasteiger partial charge is 0.321 e. The SMILES string of the molecule is CCN(C(=O)CSC[C@@H](N)C(=O)O)C1CCS(=O)(=O)C1. The number of carboxylic acids is 1. The molecule has 0 aromatic heterocycles. The van der Waals surface area contributed by atoms with Crippen molar-refractivity contribution in [2.24, 2.45) is 5.73 Å². The van der Waals surface area contributed by atoms with Gasteiger partial charge >= 0.3 is 5.97 Å². The first-order valence-corrected chi connectivity index (χ1v) is 9.30. The number of carboxylic acid groups (broad SMARTS) is 1. The summed E-state index contributed by atoms with van der Waals surface area (Å²) in [6, 6.07) is -1.25. The fourth-order valence-corrected chi connectivity index (χ4v) is 4.67. The zero-order chi connectivity index (χ0) is 15.3. The van der Waals surface area contributed by atoms with Gasteiger partial charge in [-0.05, 0) is 13.3 Å². The van der Waals surface area contributed by atoms with Crippen molar-refractivity contribution in [1.82, 2.24) is 4.90 Å². The number of carbonyl (C=O) groups excluding carboxylic acids is 1. The zero-order valence-corrected chi connectivity index (χ0v) is 13.0. The summed E-state index contributed by atoms with van der Waals surface area (Å²) in [4.78, 5) is 24.2. The molecule has 1 unspecified atom stereocenters. The van der Waals surface area contributed by atoms with Crippen molar-refractivity contribution >= 4 is 33.5 Å². The number of nitrogens with two attached hydrogens (primary N) is 1. The summed E-state index contributed by atoms with van der Waals surface area (Å²) in [5, 5.41) is 8.63. The second-order valence-corrected chi connectivity index (χ2v) is 7.96. The standard InChI is InChI=1S/C11H20N2O5S2/c1-2-13(8-3-4-20(17,18)7-8)10(14)6-19-5-9(12)11(15)16/h8-9H,2-7,12H2,1H3,(H,15,16)/t8?,9-/m1/s1. The summed E-state index contributed by atoms with van der Waals surface area (Å²) in [7, 11) is -3.03. The van der Waals surface area contributed by atoms with Gasteiger partial charge in [0.15, 0.2) is 9.84 Å². The van der Waals surface area contributed by atoms with Crippen LogP contribution in [0, 0.1) is 0 Å². The molecule has 1 amide bonds. The van der Waals surface area contributed by atoms with Crippen LogP contribution in [0.3, 0.4) is 0 Å². The van der Waals surface area contributed by atoms with Crippen LogP contribution in [0.25, 0.3) is 0 Å². The number of sulfone groups is 1. The molecule has 0 spiro atoms. The summed E-state index contributed by atoms with van der Waals surface area (Å²) in [5.74, 6) is -0.853. The second kappa shape index (κ2) is 7.28. The normalized spacial score (nSPS) is 22.4. The van der Waals surface area contributed by atoms with Gasteiger partial charge in [-0.2, -0.15) is 0 Å². The van der Waals surface area contributed by atoms with Gasteiger partial charge in [-0.25, -0.2) is 8.42 Å². The van der Waals surface area contributed by atoms with Crippen LogP contribution in [-0.2, 0) is 19.4 Å². The third-order valence-electron chi connectivity index (χ3n) is 3.15. The van der Waals surface area contributed by atoms with E-state index >= 15 is 0 Å². The minimum Gasteiger partial charge on any atom is -0.480 e. The second-order valence-electron chi connectivity index (χ2n) is 4.70. The number of carbonyl (C=O) groups is 2. The molecule has 1 heterocycles. The van der Waals surface area contributed by atoms with Crippen LogP contribution >= 0.6 is 11.8 Å². The Labute approximate surface area is 122 Å². The molecule has 0 saturated carbocycles. The minimum absolute atomic E-state index is 0.0197. The molecule has 1 aliphatic heterocycles. The summed E-state index contributed by atoms with van der Waals surface area (Å²) >= 11 is 1.15. The van der Waals surface area contributed by atoms with E-state index in [1.807, 2.05) is 0 Å². The fraction of sp³-hybridized carbons (Fsp3) is 0.818. The van der Waals surface area contributed by atoms with Crippen molar-refractivity contribution in [3.05, 3.63) is 0 Å². The average molecular weight is 324 g/mol. The lowest BCUT2D eigenvalue weighted by atomic mass is 10.2. The number of nitrogens with zero attached hydrogens (tertiary/aromatic N) is 1. The molecule has 1 saturated heterocycles. The van der Waals surface area contributed by atoms with Crippen molar-refractivity contribution in [3.8, 4) is 0 Å². The molecule has 20 heavy (non-hydrogen) atoms. The Hall–Kier alpha value is -0.800. The highest BCUT2D eigenvalue weighted by molar-refractivity contribution is 8.00. The molecule has 1 fully saturated rings. The van der Waals surface area contributed by atoms with Crippen LogP contribution in [0.4, 0.5) is 0 Å². The van der Waals surface area contributed by atoms with Gasteiger partial charge in [0.25, 0.3) is 0 Å². The topological polar surface area (TPSA) is 118 Å². The maximum Gasteiger partial charge on any atom is 0.321 e. The summed E-state index contributed by atoms with van der Waals surface area (Å²) in [5.41, 5.74) is 5.34. The number of aliphatic carboxylic acids is 1. The number of hydrogen-bond acceptors (Lipinski definition) is 6. The average Bonchev–Trinajstić information content (AvgIpc) is 2.70. The molecule has 1 rings (SSSR count). The number of hydrogen-bond donors (Lipinski definition) is 2. The molecule has 0 aromatic carbocycles. The van der Waals surface area contributed by atoms with Crippen LogP contribution in [0.15, 0.2) is 0 Å². The Kier molecular flexibility index (Phi) is 6.28. The highest BCUT2D eigenvalue weighted by Crippen LogP contribution is 2.18. The van der Waals surface area contributed by atoms with Crippen molar-refractivity contribution in [2.75, 3.05) is 29.6 Å². The lowest BCUT2D eigenvalue weighted by Crippen LogP contribution is -2.42. The van der Waals surface area contributed by atoms with E-state index in [4.69, 9.17) is 10.8 Å². The van der Waals surface area contributed by atoms with Gasteiger partial charge < -0.3 is 15.7 Å². The first-order chi connectivity index (χ1) is 9.26. The van der Waals surface area contributed by atoms with E-state index in [-0.39, 0.29) is 35.0 Å². The van der Waals surface area contributed by atoms with E-state index < -0.39 is 21.8 Å². The molecular weight excluding hydrogens is 304 g/mol. The van der Waals surface area contributed by atoms with Gasteiger partial charge in [0, 0.05) is 18.3 Å². The molecule has 0 aliphatic carbocycles. The van der Waals surface area contributed by atoms with Gasteiger partial charge in [0.1, 0.15) is 6.04 Å². The van der Waals surface area contributed by atoms with Crippen molar-refractivity contribution in [3.63, 3.8) is 0 Å². The monoisotopic (exact) mass is 324 g/mol.